The average molecular weight is 489 g/mol. The predicted molar refractivity (Wildman–Crippen MR) is 138 cm³/mol. The smallest absolute Gasteiger partial charge is 0.266 e. The van der Waals surface area contributed by atoms with Gasteiger partial charge in [-0.25, -0.2) is 10.4 Å². The molecule has 0 bridgehead atoms. The normalized spacial score (nSPS) is 11.0. The first-order valence-electron chi connectivity index (χ1n) is 10.9. The quantitative estimate of drug-likeness (QED) is 0.165. The Morgan fingerprint density at radius 2 is 1.77 bits per heavy atom. The number of hydrogen-bond donors (Lipinski definition) is 1. The topological polar surface area (TPSA) is 94.8 Å². The first-order chi connectivity index (χ1) is 17.1. The largest absolute Gasteiger partial charge is 0.497 e. The van der Waals surface area contributed by atoms with Crippen LogP contribution in [0.5, 0.6) is 11.5 Å². The number of ether oxygens (including phenoxy) is 2. The van der Waals surface area contributed by atoms with Crippen molar-refractivity contribution in [1.29, 1.82) is 0 Å². The molecule has 1 N–H and O–H groups in total. The van der Waals surface area contributed by atoms with Crippen LogP contribution in [0.4, 0.5) is 0 Å². The zero-order valence-electron chi connectivity index (χ0n) is 19.3. The monoisotopic (exact) mass is 488 g/mol. The number of methoxy groups -OCH3 is 1. The lowest BCUT2D eigenvalue weighted by molar-refractivity contribution is -0.118. The average Bonchev–Trinajstić information content (AvgIpc) is 2.89. The fraction of sp³-hybridized carbons (Fsp3) is 0.154. The third kappa shape index (κ3) is 5.88. The van der Waals surface area contributed by atoms with E-state index < -0.39 is 0 Å². The molecule has 1 heterocycles. The summed E-state index contributed by atoms with van der Waals surface area (Å²) in [6.07, 6.45) is 1.56. The van der Waals surface area contributed by atoms with Crippen molar-refractivity contribution in [2.75, 3.05) is 19.5 Å². The van der Waals surface area contributed by atoms with Crippen LogP contribution in [-0.4, -0.2) is 41.1 Å². The molecule has 1 aromatic heterocycles. The highest BCUT2D eigenvalue weighted by atomic mass is 32.2. The van der Waals surface area contributed by atoms with E-state index in [1.54, 1.807) is 55.8 Å². The summed E-state index contributed by atoms with van der Waals surface area (Å²) in [5.74, 6) is 1.16. The van der Waals surface area contributed by atoms with Crippen molar-refractivity contribution in [1.82, 2.24) is 15.0 Å². The van der Waals surface area contributed by atoms with Crippen LogP contribution in [0.2, 0.25) is 0 Å². The molecule has 4 aromatic rings. The number of benzene rings is 3. The van der Waals surface area contributed by atoms with Gasteiger partial charge >= 0.3 is 0 Å². The van der Waals surface area contributed by atoms with Gasteiger partial charge in [-0.15, -0.1) is 0 Å². The number of fused-ring (bicyclic) bond motifs is 1. The number of thioether (sulfide) groups is 1. The zero-order valence-corrected chi connectivity index (χ0v) is 20.1. The van der Waals surface area contributed by atoms with Crippen molar-refractivity contribution in [2.45, 2.75) is 12.1 Å². The van der Waals surface area contributed by atoms with E-state index in [9.17, 15) is 9.59 Å². The molecule has 0 saturated heterocycles. The molecule has 0 spiro atoms. The Morgan fingerprint density at radius 3 is 2.49 bits per heavy atom. The van der Waals surface area contributed by atoms with Crippen molar-refractivity contribution in [2.24, 2.45) is 5.10 Å². The van der Waals surface area contributed by atoms with E-state index in [-0.39, 0.29) is 17.2 Å². The summed E-state index contributed by atoms with van der Waals surface area (Å²) in [7, 11) is 1.58. The van der Waals surface area contributed by atoms with Gasteiger partial charge < -0.3 is 9.47 Å². The molecule has 8 nitrogen and oxygen atoms in total. The number of aromatic nitrogens is 2. The number of nitrogens with one attached hydrogen (secondary N) is 1. The van der Waals surface area contributed by atoms with Crippen molar-refractivity contribution in [3.05, 3.63) is 88.7 Å². The van der Waals surface area contributed by atoms with Gasteiger partial charge in [0.2, 0.25) is 0 Å². The highest BCUT2D eigenvalue weighted by Crippen LogP contribution is 2.22. The minimum Gasteiger partial charge on any atom is -0.497 e. The maximum atomic E-state index is 13.3. The fourth-order valence-electron chi connectivity index (χ4n) is 3.33. The van der Waals surface area contributed by atoms with Gasteiger partial charge in [0.25, 0.3) is 11.5 Å². The Labute approximate surface area is 206 Å². The number of carbonyl (C=O) groups is 1. The summed E-state index contributed by atoms with van der Waals surface area (Å²) in [6.45, 7) is 2.52. The van der Waals surface area contributed by atoms with Gasteiger partial charge in [-0.2, -0.15) is 5.10 Å². The molecule has 3 aromatic carbocycles. The van der Waals surface area contributed by atoms with Crippen molar-refractivity contribution < 1.29 is 14.3 Å². The molecular formula is C26H24N4O4S. The number of carbonyl (C=O) groups excluding carboxylic acids is 1. The van der Waals surface area contributed by atoms with Crippen LogP contribution in [0.1, 0.15) is 12.5 Å². The van der Waals surface area contributed by atoms with Crippen LogP contribution < -0.4 is 20.5 Å². The first kappa shape index (κ1) is 24.0. The maximum absolute atomic E-state index is 13.3. The molecule has 0 unspecified atom stereocenters. The maximum Gasteiger partial charge on any atom is 0.266 e. The number of hydrogen-bond acceptors (Lipinski definition) is 7. The highest BCUT2D eigenvalue weighted by molar-refractivity contribution is 7.99. The highest BCUT2D eigenvalue weighted by Gasteiger charge is 2.15. The number of hydrazone groups is 1. The second-order valence-electron chi connectivity index (χ2n) is 7.33. The van der Waals surface area contributed by atoms with Crippen LogP contribution in [0, 0.1) is 0 Å². The summed E-state index contributed by atoms with van der Waals surface area (Å²) in [5, 5.41) is 4.92. The van der Waals surface area contributed by atoms with Crippen LogP contribution in [0.3, 0.4) is 0 Å². The second-order valence-corrected chi connectivity index (χ2v) is 8.28. The molecule has 0 aliphatic rings. The number of para-hydroxylation sites is 1. The van der Waals surface area contributed by atoms with Gasteiger partial charge in [-0.05, 0) is 73.2 Å². The van der Waals surface area contributed by atoms with Crippen molar-refractivity contribution in [3.8, 4) is 17.2 Å². The molecule has 4 rings (SSSR count). The van der Waals surface area contributed by atoms with Gasteiger partial charge in [0.15, 0.2) is 5.16 Å². The Morgan fingerprint density at radius 1 is 1.06 bits per heavy atom. The molecule has 35 heavy (non-hydrogen) atoms. The number of amides is 1. The molecule has 0 saturated carbocycles. The van der Waals surface area contributed by atoms with E-state index in [0.717, 1.165) is 23.1 Å². The zero-order chi connectivity index (χ0) is 24.6. The summed E-state index contributed by atoms with van der Waals surface area (Å²) in [5.41, 5.74) is 4.33. The summed E-state index contributed by atoms with van der Waals surface area (Å²) >= 11 is 1.16. The van der Waals surface area contributed by atoms with Gasteiger partial charge in [-0.1, -0.05) is 23.9 Å². The number of nitrogens with zero attached hydrogens (tertiary/aromatic N) is 3. The van der Waals surface area contributed by atoms with Gasteiger partial charge in [0, 0.05) is 0 Å². The van der Waals surface area contributed by atoms with Crippen LogP contribution in [0.25, 0.3) is 16.6 Å². The van der Waals surface area contributed by atoms with Gasteiger partial charge in [-0.3, -0.25) is 14.2 Å². The third-order valence-electron chi connectivity index (χ3n) is 5.00. The molecule has 0 atom stereocenters. The van der Waals surface area contributed by atoms with E-state index in [0.29, 0.717) is 34.1 Å². The molecule has 9 heteroatoms. The minimum atomic E-state index is -0.319. The molecule has 1 amide bonds. The minimum absolute atomic E-state index is 0.0293. The van der Waals surface area contributed by atoms with Gasteiger partial charge in [0.05, 0.1) is 42.3 Å². The number of rotatable bonds is 9. The Hall–Kier alpha value is -4.11. The van der Waals surface area contributed by atoms with Crippen LogP contribution >= 0.6 is 11.8 Å². The van der Waals surface area contributed by atoms with Crippen molar-refractivity contribution in [3.63, 3.8) is 0 Å². The predicted octanol–water partition coefficient (Wildman–Crippen LogP) is 4.04. The lowest BCUT2D eigenvalue weighted by atomic mass is 10.2. The summed E-state index contributed by atoms with van der Waals surface area (Å²) in [4.78, 5) is 30.4. The van der Waals surface area contributed by atoms with E-state index in [1.807, 2.05) is 37.3 Å². The molecule has 0 aliphatic carbocycles. The standard InChI is InChI=1S/C26H24N4O4S/c1-3-34-21-12-8-18(9-13-21)16-27-29-24(31)17-35-26-28-23-7-5-4-6-22(23)25(32)30(26)19-10-14-20(33-2)15-11-19/h4-16H,3,17H2,1-2H3,(H,29,31)/b27-16+. The lowest BCUT2D eigenvalue weighted by Gasteiger charge is -2.13. The molecule has 0 aliphatic heterocycles. The van der Waals surface area contributed by atoms with E-state index in [2.05, 4.69) is 15.5 Å². The Balaban J connectivity index is 1.50. The molecular weight excluding hydrogens is 464 g/mol. The Bertz CT molecular complexity index is 1400. The molecule has 0 fully saturated rings. The summed E-state index contributed by atoms with van der Waals surface area (Å²) in [6, 6.07) is 21.6. The van der Waals surface area contributed by atoms with Gasteiger partial charge in [0.1, 0.15) is 11.5 Å². The van der Waals surface area contributed by atoms with Crippen molar-refractivity contribution >= 4 is 34.8 Å². The molecule has 0 radical (unpaired) electrons. The SMILES string of the molecule is CCOc1ccc(/C=N/NC(=O)CSc2nc3ccccc3c(=O)n2-c2ccc(OC)cc2)cc1. The van der Waals surface area contributed by atoms with E-state index in [4.69, 9.17) is 9.47 Å². The van der Waals surface area contributed by atoms with E-state index in [1.165, 1.54) is 4.57 Å². The lowest BCUT2D eigenvalue weighted by Crippen LogP contribution is -2.24. The van der Waals surface area contributed by atoms with E-state index >= 15 is 0 Å². The van der Waals surface area contributed by atoms with Crippen LogP contribution in [0.15, 0.2) is 87.8 Å². The third-order valence-corrected chi connectivity index (χ3v) is 5.94. The summed E-state index contributed by atoms with van der Waals surface area (Å²) < 4.78 is 12.1. The Kier molecular flexibility index (Phi) is 7.79. The molecule has 178 valence electrons. The fourth-order valence-corrected chi connectivity index (χ4v) is 4.13. The second kappa shape index (κ2) is 11.3. The van der Waals surface area contributed by atoms with Crippen LogP contribution in [-0.2, 0) is 4.79 Å². The first-order valence-corrected chi connectivity index (χ1v) is 11.9.